The highest BCUT2D eigenvalue weighted by molar-refractivity contribution is 7.91. The minimum absolute atomic E-state index is 0.0830. The van der Waals surface area contributed by atoms with Gasteiger partial charge >= 0.3 is 5.97 Å². The number of hydrogen-bond donors (Lipinski definition) is 3. The molecule has 9 heteroatoms. The number of hydrogen-bond acceptors (Lipinski definition) is 5. The number of rotatable bonds is 7. The van der Waals surface area contributed by atoms with Gasteiger partial charge in [-0.1, -0.05) is 0 Å². The molecule has 0 unspecified atom stereocenters. The summed E-state index contributed by atoms with van der Waals surface area (Å²) in [5.41, 5.74) is 0.844. The van der Waals surface area contributed by atoms with E-state index in [0.29, 0.717) is 6.42 Å². The molecule has 1 aromatic rings. The lowest BCUT2D eigenvalue weighted by molar-refractivity contribution is 0.0697. The molecular weight excluding hydrogens is 304 g/mol. The van der Waals surface area contributed by atoms with Gasteiger partial charge in [-0.3, -0.25) is 4.72 Å². The molecule has 0 spiro atoms. The maximum atomic E-state index is 11.8. The van der Waals surface area contributed by atoms with Crippen molar-refractivity contribution >= 4 is 32.5 Å². The second-order valence-electron chi connectivity index (χ2n) is 4.36. The minimum Gasteiger partial charge on any atom is -0.478 e. The highest BCUT2D eigenvalue weighted by Crippen LogP contribution is 2.39. The highest BCUT2D eigenvalue weighted by Gasteiger charge is 2.28. The van der Waals surface area contributed by atoms with Gasteiger partial charge < -0.3 is 9.84 Å². The average molecular weight is 320 g/mol. The first-order chi connectivity index (χ1) is 9.44. The molecule has 0 saturated carbocycles. The summed E-state index contributed by atoms with van der Waals surface area (Å²) in [4.78, 5) is 12.3. The van der Waals surface area contributed by atoms with Gasteiger partial charge in [0.25, 0.3) is 10.2 Å². The van der Waals surface area contributed by atoms with Crippen molar-refractivity contribution in [2.24, 2.45) is 0 Å². The van der Waals surface area contributed by atoms with E-state index >= 15 is 0 Å². The zero-order valence-corrected chi connectivity index (χ0v) is 12.6. The zero-order valence-electron chi connectivity index (χ0n) is 10.9. The minimum atomic E-state index is -3.78. The normalized spacial score (nSPS) is 14.2. The molecule has 0 aromatic carbocycles. The van der Waals surface area contributed by atoms with Crippen molar-refractivity contribution in [2.75, 3.05) is 25.0 Å². The standard InChI is InChI=1S/C11H16N2O5S2/c1-18-6-5-12-20(16,17)13-10-9(11(14)15)7-3-2-4-8(7)19-10/h12-13H,2-6H2,1H3,(H,14,15). The molecule has 7 nitrogen and oxygen atoms in total. The molecule has 0 bridgehead atoms. The van der Waals surface area contributed by atoms with Crippen LogP contribution >= 0.6 is 11.3 Å². The fraction of sp³-hybridized carbons (Fsp3) is 0.545. The van der Waals surface area contributed by atoms with Crippen LogP contribution in [0.4, 0.5) is 5.00 Å². The molecule has 3 N–H and O–H groups in total. The van der Waals surface area contributed by atoms with Crippen molar-refractivity contribution in [2.45, 2.75) is 19.3 Å². The molecule has 2 rings (SSSR count). The van der Waals surface area contributed by atoms with Gasteiger partial charge in [0.1, 0.15) is 5.00 Å². The van der Waals surface area contributed by atoms with Crippen molar-refractivity contribution in [1.29, 1.82) is 0 Å². The summed E-state index contributed by atoms with van der Waals surface area (Å²) in [5, 5.41) is 9.43. The van der Waals surface area contributed by atoms with Gasteiger partial charge in [-0.05, 0) is 24.8 Å². The zero-order chi connectivity index (χ0) is 14.8. The summed E-state index contributed by atoms with van der Waals surface area (Å²) < 4.78 is 33.0. The van der Waals surface area contributed by atoms with E-state index in [1.165, 1.54) is 18.4 Å². The lowest BCUT2D eigenvalue weighted by Crippen LogP contribution is -2.32. The van der Waals surface area contributed by atoms with Crippen LogP contribution in [0.2, 0.25) is 0 Å². The summed E-state index contributed by atoms with van der Waals surface area (Å²) in [6.07, 6.45) is 2.41. The average Bonchev–Trinajstić information content (AvgIpc) is 2.87. The van der Waals surface area contributed by atoms with Crippen LogP contribution in [0.25, 0.3) is 0 Å². The predicted molar refractivity (Wildman–Crippen MR) is 75.7 cm³/mol. The van der Waals surface area contributed by atoms with Gasteiger partial charge in [0.2, 0.25) is 0 Å². The molecule has 112 valence electrons. The first-order valence-electron chi connectivity index (χ1n) is 6.09. The van der Waals surface area contributed by atoms with Gasteiger partial charge in [-0.25, -0.2) is 4.79 Å². The maximum Gasteiger partial charge on any atom is 0.339 e. The Morgan fingerprint density at radius 3 is 2.85 bits per heavy atom. The second-order valence-corrected chi connectivity index (χ2v) is 6.96. The van der Waals surface area contributed by atoms with Gasteiger partial charge in [0.15, 0.2) is 0 Å². The molecule has 1 aliphatic carbocycles. The summed E-state index contributed by atoms with van der Waals surface area (Å²) in [6.45, 7) is 0.368. The van der Waals surface area contributed by atoms with E-state index < -0.39 is 16.2 Å². The van der Waals surface area contributed by atoms with Crippen LogP contribution in [0.15, 0.2) is 0 Å². The van der Waals surface area contributed by atoms with Crippen molar-refractivity contribution in [3.8, 4) is 0 Å². The van der Waals surface area contributed by atoms with Crippen molar-refractivity contribution < 1.29 is 23.1 Å². The largest absolute Gasteiger partial charge is 0.478 e. The van der Waals surface area contributed by atoms with Crippen LogP contribution in [-0.2, 0) is 27.8 Å². The molecule has 1 aliphatic rings. The number of carbonyl (C=O) groups is 1. The maximum absolute atomic E-state index is 11.8. The SMILES string of the molecule is COCCNS(=O)(=O)Nc1sc2c(c1C(=O)O)CCC2. The van der Waals surface area contributed by atoms with Gasteiger partial charge in [-0.15, -0.1) is 11.3 Å². The van der Waals surface area contributed by atoms with Crippen LogP contribution in [0.1, 0.15) is 27.2 Å². The lowest BCUT2D eigenvalue weighted by Gasteiger charge is -2.08. The molecule has 1 heterocycles. The Hall–Kier alpha value is -1.16. The Kier molecular flexibility index (Phi) is 4.63. The molecule has 0 amide bonds. The number of methoxy groups -OCH3 is 1. The molecule has 20 heavy (non-hydrogen) atoms. The number of thiophene rings is 1. The highest BCUT2D eigenvalue weighted by atomic mass is 32.2. The second kappa shape index (κ2) is 6.08. The summed E-state index contributed by atoms with van der Waals surface area (Å²) in [7, 11) is -2.32. The fourth-order valence-electron chi connectivity index (χ4n) is 2.14. The molecule has 0 fully saturated rings. The number of aromatic carboxylic acids is 1. The van der Waals surface area contributed by atoms with E-state index in [4.69, 9.17) is 4.74 Å². The quantitative estimate of drug-likeness (QED) is 0.645. The Balaban J connectivity index is 2.19. The molecule has 0 atom stereocenters. The van der Waals surface area contributed by atoms with E-state index in [-0.39, 0.29) is 23.7 Å². The van der Waals surface area contributed by atoms with Gasteiger partial charge in [-0.2, -0.15) is 13.1 Å². The van der Waals surface area contributed by atoms with Crippen LogP contribution in [0, 0.1) is 0 Å². The monoisotopic (exact) mass is 320 g/mol. The third-order valence-electron chi connectivity index (χ3n) is 2.96. The van der Waals surface area contributed by atoms with E-state index in [1.54, 1.807) is 0 Å². The van der Waals surface area contributed by atoms with Crippen molar-refractivity contribution in [1.82, 2.24) is 4.72 Å². The molecule has 1 aromatic heterocycles. The van der Waals surface area contributed by atoms with Crippen LogP contribution < -0.4 is 9.44 Å². The molecule has 0 saturated heterocycles. The van der Waals surface area contributed by atoms with Gasteiger partial charge in [0, 0.05) is 18.5 Å². The van der Waals surface area contributed by atoms with Crippen LogP contribution in [0.3, 0.4) is 0 Å². The Morgan fingerprint density at radius 1 is 1.45 bits per heavy atom. The third-order valence-corrected chi connectivity index (χ3v) is 5.35. The Bertz CT molecular complexity index is 609. The van der Waals surface area contributed by atoms with Crippen LogP contribution in [0.5, 0.6) is 0 Å². The summed E-state index contributed by atoms with van der Waals surface area (Å²) in [6, 6.07) is 0. The lowest BCUT2D eigenvalue weighted by atomic mass is 10.1. The molecule has 0 aliphatic heterocycles. The molecule has 0 radical (unpaired) electrons. The van der Waals surface area contributed by atoms with E-state index in [1.807, 2.05) is 0 Å². The number of aryl methyl sites for hydroxylation is 1. The Labute approximate surface area is 121 Å². The topological polar surface area (TPSA) is 105 Å². The van der Waals surface area contributed by atoms with E-state index in [0.717, 1.165) is 23.3 Å². The first kappa shape index (κ1) is 15.2. The third kappa shape index (κ3) is 3.29. The first-order valence-corrected chi connectivity index (χ1v) is 8.38. The number of carboxylic acids is 1. The van der Waals surface area contributed by atoms with Crippen molar-refractivity contribution in [3.05, 3.63) is 16.0 Å². The summed E-state index contributed by atoms with van der Waals surface area (Å²) in [5.74, 6) is -1.10. The van der Waals surface area contributed by atoms with Crippen molar-refractivity contribution in [3.63, 3.8) is 0 Å². The fourth-order valence-corrected chi connectivity index (χ4v) is 4.54. The van der Waals surface area contributed by atoms with Gasteiger partial charge in [0.05, 0.1) is 12.2 Å². The summed E-state index contributed by atoms with van der Waals surface area (Å²) >= 11 is 1.20. The number of fused-ring (bicyclic) bond motifs is 1. The number of nitrogens with one attached hydrogen (secondary N) is 2. The predicted octanol–water partition coefficient (Wildman–Crippen LogP) is 0.828. The Morgan fingerprint density at radius 2 is 2.20 bits per heavy atom. The number of carboxylic acid groups (broad SMARTS) is 1. The van der Waals surface area contributed by atoms with Crippen LogP contribution in [-0.4, -0.2) is 39.8 Å². The number of anilines is 1. The van der Waals surface area contributed by atoms with E-state index in [2.05, 4.69) is 9.44 Å². The number of ether oxygens (including phenoxy) is 1. The molecular formula is C11H16N2O5S2. The smallest absolute Gasteiger partial charge is 0.339 e. The van der Waals surface area contributed by atoms with E-state index in [9.17, 15) is 18.3 Å².